The van der Waals surface area contributed by atoms with Gasteiger partial charge in [-0.2, -0.15) is 16.5 Å². The highest BCUT2D eigenvalue weighted by Gasteiger charge is 2.29. The van der Waals surface area contributed by atoms with Crippen molar-refractivity contribution in [2.75, 3.05) is 32.3 Å². The normalized spacial score (nSPS) is 14.2. The number of carbonyl (C=O) groups excluding carboxylic acids is 1. The van der Waals surface area contributed by atoms with Crippen LogP contribution in [0.15, 0.2) is 47.4 Å². The van der Waals surface area contributed by atoms with Crippen molar-refractivity contribution < 1.29 is 27.1 Å². The van der Waals surface area contributed by atoms with Crippen LogP contribution in [0.4, 0.5) is 4.39 Å². The number of sulfonamides is 1. The summed E-state index contributed by atoms with van der Waals surface area (Å²) in [4.78, 5) is 14.0. The maximum Gasteiger partial charge on any atom is 0.244 e. The SMILES string of the molecule is CSCCC(NS(=O)(=O)c1ccccc1F)C(=O)N(C)Cc1ccc2c(c1)OCCO2. The summed E-state index contributed by atoms with van der Waals surface area (Å²) in [5, 5.41) is 0. The Balaban J connectivity index is 1.75. The number of hydrogen-bond donors (Lipinski definition) is 1. The van der Waals surface area contributed by atoms with Crippen molar-refractivity contribution in [2.45, 2.75) is 23.9 Å². The maximum absolute atomic E-state index is 14.0. The van der Waals surface area contributed by atoms with E-state index in [1.54, 1.807) is 19.2 Å². The van der Waals surface area contributed by atoms with Gasteiger partial charge in [0.25, 0.3) is 0 Å². The molecule has 1 atom stereocenters. The van der Waals surface area contributed by atoms with Crippen molar-refractivity contribution in [3.63, 3.8) is 0 Å². The molecule has 31 heavy (non-hydrogen) atoms. The molecule has 1 N–H and O–H groups in total. The molecule has 0 fully saturated rings. The molecule has 0 saturated heterocycles. The van der Waals surface area contributed by atoms with Gasteiger partial charge in [0.15, 0.2) is 11.5 Å². The summed E-state index contributed by atoms with van der Waals surface area (Å²) in [5.74, 6) is 0.566. The molecule has 1 amide bonds. The molecule has 1 unspecified atom stereocenters. The van der Waals surface area contributed by atoms with Gasteiger partial charge >= 0.3 is 0 Å². The highest BCUT2D eigenvalue weighted by atomic mass is 32.2. The average molecular weight is 469 g/mol. The second kappa shape index (κ2) is 10.3. The number of halogens is 1. The van der Waals surface area contributed by atoms with Gasteiger partial charge in [0.1, 0.15) is 30.0 Å². The molecular weight excluding hydrogens is 443 g/mol. The van der Waals surface area contributed by atoms with Gasteiger partial charge in [-0.1, -0.05) is 18.2 Å². The summed E-state index contributed by atoms with van der Waals surface area (Å²) in [7, 11) is -2.60. The Labute approximate surface area is 186 Å². The zero-order valence-corrected chi connectivity index (χ0v) is 19.0. The lowest BCUT2D eigenvalue weighted by Gasteiger charge is -2.25. The van der Waals surface area contributed by atoms with E-state index in [0.717, 1.165) is 11.6 Å². The third-order valence-electron chi connectivity index (χ3n) is 4.73. The molecule has 0 spiro atoms. The minimum Gasteiger partial charge on any atom is -0.486 e. The summed E-state index contributed by atoms with van der Waals surface area (Å²) < 4.78 is 52.9. The van der Waals surface area contributed by atoms with Gasteiger partial charge in [0.05, 0.1) is 0 Å². The van der Waals surface area contributed by atoms with Crippen LogP contribution in [0.25, 0.3) is 0 Å². The van der Waals surface area contributed by atoms with Crippen molar-refractivity contribution in [1.82, 2.24) is 9.62 Å². The average Bonchev–Trinajstić information content (AvgIpc) is 2.76. The zero-order chi connectivity index (χ0) is 22.4. The molecule has 1 aliphatic rings. The standard InChI is InChI=1S/C21H25FN2O5S2/c1-24(14-15-7-8-18-19(13-15)29-11-10-28-18)21(25)17(9-12-30-2)23-31(26,27)20-6-4-3-5-16(20)22/h3-8,13,17,23H,9-12,14H2,1-2H3. The first kappa shape index (κ1) is 23.4. The fourth-order valence-electron chi connectivity index (χ4n) is 3.19. The number of ether oxygens (including phenoxy) is 2. The second-order valence-electron chi connectivity index (χ2n) is 7.06. The van der Waals surface area contributed by atoms with Crippen LogP contribution in [0.5, 0.6) is 11.5 Å². The van der Waals surface area contributed by atoms with Crippen LogP contribution in [0.2, 0.25) is 0 Å². The molecule has 1 aliphatic heterocycles. The largest absolute Gasteiger partial charge is 0.486 e. The van der Waals surface area contributed by atoms with E-state index in [9.17, 15) is 17.6 Å². The first-order valence-corrected chi connectivity index (χ1v) is 12.6. The molecule has 0 radical (unpaired) electrons. The molecule has 2 aromatic rings. The van der Waals surface area contributed by atoms with Crippen LogP contribution >= 0.6 is 11.8 Å². The smallest absolute Gasteiger partial charge is 0.244 e. The van der Waals surface area contributed by atoms with Crippen LogP contribution in [-0.2, 0) is 21.4 Å². The van der Waals surface area contributed by atoms with Gasteiger partial charge in [-0.25, -0.2) is 12.8 Å². The van der Waals surface area contributed by atoms with E-state index in [1.165, 1.54) is 34.9 Å². The highest BCUT2D eigenvalue weighted by molar-refractivity contribution is 7.98. The number of nitrogens with one attached hydrogen (secondary N) is 1. The predicted octanol–water partition coefficient (Wildman–Crippen LogP) is 2.66. The Bertz CT molecular complexity index is 1030. The lowest BCUT2D eigenvalue weighted by Crippen LogP contribution is -2.47. The third-order valence-corrected chi connectivity index (χ3v) is 6.88. The Morgan fingerprint density at radius 1 is 1.19 bits per heavy atom. The highest BCUT2D eigenvalue weighted by Crippen LogP contribution is 2.31. The van der Waals surface area contributed by atoms with Crippen molar-refractivity contribution >= 4 is 27.7 Å². The number of carbonyl (C=O) groups is 1. The van der Waals surface area contributed by atoms with Gasteiger partial charge in [-0.15, -0.1) is 0 Å². The topological polar surface area (TPSA) is 84.9 Å². The van der Waals surface area contributed by atoms with Gasteiger partial charge in [-0.3, -0.25) is 4.79 Å². The number of nitrogens with zero attached hydrogens (tertiary/aromatic N) is 1. The van der Waals surface area contributed by atoms with Crippen molar-refractivity contribution in [3.8, 4) is 11.5 Å². The summed E-state index contributed by atoms with van der Waals surface area (Å²) in [6.07, 6.45) is 2.14. The van der Waals surface area contributed by atoms with E-state index in [-0.39, 0.29) is 13.0 Å². The van der Waals surface area contributed by atoms with E-state index >= 15 is 0 Å². The Morgan fingerprint density at radius 2 is 1.90 bits per heavy atom. The van der Waals surface area contributed by atoms with Crippen LogP contribution in [0.3, 0.4) is 0 Å². The van der Waals surface area contributed by atoms with E-state index in [4.69, 9.17) is 9.47 Å². The van der Waals surface area contributed by atoms with Crippen LogP contribution in [-0.4, -0.2) is 57.5 Å². The number of likely N-dealkylation sites (N-methyl/N-ethyl adjacent to an activating group) is 1. The van der Waals surface area contributed by atoms with E-state index in [2.05, 4.69) is 4.72 Å². The van der Waals surface area contributed by atoms with Gasteiger partial charge in [0, 0.05) is 13.6 Å². The summed E-state index contributed by atoms with van der Waals surface area (Å²) in [6, 6.07) is 9.49. The van der Waals surface area contributed by atoms with E-state index in [0.29, 0.717) is 30.5 Å². The quantitative estimate of drug-likeness (QED) is 0.609. The van der Waals surface area contributed by atoms with Gasteiger partial charge in [0.2, 0.25) is 15.9 Å². The Kier molecular flexibility index (Phi) is 7.79. The Morgan fingerprint density at radius 3 is 2.61 bits per heavy atom. The van der Waals surface area contributed by atoms with Crippen LogP contribution in [0, 0.1) is 5.82 Å². The number of thioether (sulfide) groups is 1. The minimum atomic E-state index is -4.20. The van der Waals surface area contributed by atoms with E-state index < -0.39 is 32.7 Å². The minimum absolute atomic E-state index is 0.257. The van der Waals surface area contributed by atoms with E-state index in [1.807, 2.05) is 12.3 Å². The lowest BCUT2D eigenvalue weighted by molar-refractivity contribution is -0.132. The molecular formula is C21H25FN2O5S2. The number of benzene rings is 2. The van der Waals surface area contributed by atoms with Crippen LogP contribution in [0.1, 0.15) is 12.0 Å². The van der Waals surface area contributed by atoms with Gasteiger partial charge in [-0.05, 0) is 48.3 Å². The number of rotatable bonds is 9. The third kappa shape index (κ3) is 5.90. The number of hydrogen-bond acceptors (Lipinski definition) is 6. The molecule has 0 saturated carbocycles. The predicted molar refractivity (Wildman–Crippen MR) is 117 cm³/mol. The molecule has 0 bridgehead atoms. The van der Waals surface area contributed by atoms with Crippen molar-refractivity contribution in [1.29, 1.82) is 0 Å². The molecule has 3 rings (SSSR count). The second-order valence-corrected chi connectivity index (χ2v) is 9.73. The molecule has 10 heteroatoms. The summed E-state index contributed by atoms with van der Waals surface area (Å²) in [6.45, 7) is 1.20. The summed E-state index contributed by atoms with van der Waals surface area (Å²) in [5.41, 5.74) is 0.820. The Hall–Kier alpha value is -2.30. The van der Waals surface area contributed by atoms with Crippen LogP contribution < -0.4 is 14.2 Å². The van der Waals surface area contributed by atoms with Crippen molar-refractivity contribution in [3.05, 3.63) is 53.8 Å². The fourth-order valence-corrected chi connectivity index (χ4v) is 4.96. The lowest BCUT2D eigenvalue weighted by atomic mass is 10.1. The first-order valence-electron chi connectivity index (χ1n) is 9.71. The zero-order valence-electron chi connectivity index (χ0n) is 17.3. The molecule has 2 aromatic carbocycles. The maximum atomic E-state index is 14.0. The number of amides is 1. The van der Waals surface area contributed by atoms with Crippen molar-refractivity contribution in [2.24, 2.45) is 0 Å². The molecule has 0 aromatic heterocycles. The monoisotopic (exact) mass is 468 g/mol. The number of fused-ring (bicyclic) bond motifs is 1. The molecule has 7 nitrogen and oxygen atoms in total. The fraction of sp³-hybridized carbons (Fsp3) is 0.381. The summed E-state index contributed by atoms with van der Waals surface area (Å²) >= 11 is 1.49. The first-order chi connectivity index (χ1) is 14.8. The molecule has 1 heterocycles. The van der Waals surface area contributed by atoms with Gasteiger partial charge < -0.3 is 14.4 Å². The molecule has 0 aliphatic carbocycles. The molecule has 168 valence electrons.